The second-order valence-corrected chi connectivity index (χ2v) is 3.47. The van der Waals surface area contributed by atoms with Crippen LogP contribution in [0.5, 0.6) is 0 Å². The largest absolute Gasteiger partial charge is 0.204 e. The van der Waals surface area contributed by atoms with Crippen molar-refractivity contribution in [1.82, 2.24) is 0 Å². The van der Waals surface area contributed by atoms with Gasteiger partial charge in [0, 0.05) is 0 Å². The monoisotopic (exact) mass is 247 g/mol. The predicted molar refractivity (Wildman–Crippen MR) is 48.4 cm³/mol. The standard InChI is InChI=1S/C8H4BrClFN/c9-6-3-5(1-2-12)4-7(10)8(6)11/h3-4H,1H2. The van der Waals surface area contributed by atoms with E-state index in [4.69, 9.17) is 16.9 Å². The molecule has 0 aliphatic rings. The average Bonchev–Trinajstić information content (AvgIpc) is 2.01. The summed E-state index contributed by atoms with van der Waals surface area (Å²) in [5, 5.41) is 8.41. The zero-order chi connectivity index (χ0) is 9.14. The van der Waals surface area contributed by atoms with Crippen LogP contribution in [0.25, 0.3) is 0 Å². The van der Waals surface area contributed by atoms with Crippen molar-refractivity contribution in [3.8, 4) is 6.07 Å². The molecule has 0 atom stereocenters. The molecule has 1 aromatic carbocycles. The Bertz CT molecular complexity index is 322. The number of nitriles is 1. The topological polar surface area (TPSA) is 23.8 Å². The molecule has 1 nitrogen and oxygen atoms in total. The van der Waals surface area contributed by atoms with E-state index in [2.05, 4.69) is 15.9 Å². The molecule has 0 radical (unpaired) electrons. The van der Waals surface area contributed by atoms with Crippen LogP contribution < -0.4 is 0 Å². The highest BCUT2D eigenvalue weighted by Gasteiger charge is 2.06. The summed E-state index contributed by atoms with van der Waals surface area (Å²) in [5.41, 5.74) is 0.704. The van der Waals surface area contributed by atoms with Gasteiger partial charge in [-0.2, -0.15) is 5.26 Å². The lowest BCUT2D eigenvalue weighted by Gasteiger charge is -2.00. The molecule has 0 spiro atoms. The summed E-state index contributed by atoms with van der Waals surface area (Å²) in [5.74, 6) is -0.488. The van der Waals surface area contributed by atoms with Crippen molar-refractivity contribution >= 4 is 27.5 Å². The van der Waals surface area contributed by atoms with E-state index < -0.39 is 5.82 Å². The maximum absolute atomic E-state index is 12.9. The number of hydrogen-bond donors (Lipinski definition) is 0. The highest BCUT2D eigenvalue weighted by atomic mass is 79.9. The third-order valence-corrected chi connectivity index (χ3v) is 2.18. The van der Waals surface area contributed by atoms with Crippen LogP contribution in [-0.2, 0) is 6.42 Å². The summed E-state index contributed by atoms with van der Waals surface area (Å²) in [6.45, 7) is 0. The molecular formula is C8H4BrClFN. The summed E-state index contributed by atoms with van der Waals surface area (Å²) in [6.07, 6.45) is 0.235. The van der Waals surface area contributed by atoms with Crippen LogP contribution in [0.2, 0.25) is 5.02 Å². The Kier molecular flexibility index (Phi) is 3.07. The van der Waals surface area contributed by atoms with Crippen LogP contribution in [0, 0.1) is 17.1 Å². The minimum absolute atomic E-state index is 0.0367. The predicted octanol–water partition coefficient (Wildman–Crippen LogP) is 3.31. The highest BCUT2D eigenvalue weighted by molar-refractivity contribution is 9.10. The molecule has 0 amide bonds. The van der Waals surface area contributed by atoms with Crippen LogP contribution >= 0.6 is 27.5 Å². The molecule has 0 aliphatic heterocycles. The van der Waals surface area contributed by atoms with E-state index >= 15 is 0 Å². The first-order valence-electron chi connectivity index (χ1n) is 3.15. The van der Waals surface area contributed by atoms with Gasteiger partial charge in [0.2, 0.25) is 0 Å². The van der Waals surface area contributed by atoms with Gasteiger partial charge in [0.1, 0.15) is 0 Å². The number of hydrogen-bond acceptors (Lipinski definition) is 1. The minimum Gasteiger partial charge on any atom is -0.204 e. The van der Waals surface area contributed by atoms with Gasteiger partial charge in [-0.25, -0.2) is 4.39 Å². The first-order chi connectivity index (χ1) is 5.65. The fourth-order valence-electron chi connectivity index (χ4n) is 0.801. The van der Waals surface area contributed by atoms with Crippen molar-refractivity contribution < 1.29 is 4.39 Å². The molecule has 0 bridgehead atoms. The Balaban J connectivity index is 3.14. The van der Waals surface area contributed by atoms with Gasteiger partial charge in [0.05, 0.1) is 22.0 Å². The van der Waals surface area contributed by atoms with Crippen LogP contribution in [0.1, 0.15) is 5.56 Å². The summed E-state index contributed by atoms with van der Waals surface area (Å²) < 4.78 is 13.2. The van der Waals surface area contributed by atoms with E-state index in [0.717, 1.165) is 0 Å². The smallest absolute Gasteiger partial charge is 0.155 e. The molecule has 0 fully saturated rings. The Morgan fingerprint density at radius 1 is 1.58 bits per heavy atom. The van der Waals surface area contributed by atoms with Crippen LogP contribution in [-0.4, -0.2) is 0 Å². The third kappa shape index (κ3) is 1.96. The maximum atomic E-state index is 12.9. The molecule has 0 saturated carbocycles. The molecule has 0 aromatic heterocycles. The van der Waals surface area contributed by atoms with Crippen molar-refractivity contribution in [2.75, 3.05) is 0 Å². The lowest BCUT2D eigenvalue weighted by molar-refractivity contribution is 0.621. The molecule has 0 unspecified atom stereocenters. The summed E-state index contributed by atoms with van der Waals surface area (Å²) in [6, 6.07) is 4.95. The van der Waals surface area contributed by atoms with Crippen molar-refractivity contribution in [2.45, 2.75) is 6.42 Å². The Morgan fingerprint density at radius 2 is 2.25 bits per heavy atom. The normalized spacial score (nSPS) is 9.50. The molecule has 62 valence electrons. The van der Waals surface area contributed by atoms with E-state index in [1.54, 1.807) is 6.07 Å². The van der Waals surface area contributed by atoms with Gasteiger partial charge in [-0.05, 0) is 33.6 Å². The molecular weight excluding hydrogens is 244 g/mol. The third-order valence-electron chi connectivity index (χ3n) is 1.33. The number of nitrogens with zero attached hydrogens (tertiary/aromatic N) is 1. The zero-order valence-electron chi connectivity index (χ0n) is 5.94. The van der Waals surface area contributed by atoms with E-state index in [1.165, 1.54) is 6.07 Å². The maximum Gasteiger partial charge on any atom is 0.155 e. The summed E-state index contributed by atoms with van der Waals surface area (Å²) in [7, 11) is 0. The highest BCUT2D eigenvalue weighted by Crippen LogP contribution is 2.25. The molecule has 4 heteroatoms. The lowest BCUT2D eigenvalue weighted by Crippen LogP contribution is -1.86. The van der Waals surface area contributed by atoms with Gasteiger partial charge in [-0.15, -0.1) is 0 Å². The lowest BCUT2D eigenvalue weighted by atomic mass is 10.2. The molecule has 0 aliphatic carbocycles. The number of halogens is 3. The number of benzene rings is 1. The fourth-order valence-corrected chi connectivity index (χ4v) is 1.67. The van der Waals surface area contributed by atoms with Gasteiger partial charge in [0.25, 0.3) is 0 Å². The van der Waals surface area contributed by atoms with Crippen molar-refractivity contribution in [1.29, 1.82) is 5.26 Å². The van der Waals surface area contributed by atoms with Gasteiger partial charge in [0.15, 0.2) is 5.82 Å². The van der Waals surface area contributed by atoms with E-state index in [0.29, 0.717) is 10.0 Å². The van der Waals surface area contributed by atoms with E-state index in [1.807, 2.05) is 6.07 Å². The Labute approximate surface area is 82.9 Å². The van der Waals surface area contributed by atoms with Crippen molar-refractivity contribution in [3.05, 3.63) is 33.0 Å². The Hall–Kier alpha value is -0.590. The fraction of sp³-hybridized carbons (Fsp3) is 0.125. The van der Waals surface area contributed by atoms with Crippen molar-refractivity contribution in [3.63, 3.8) is 0 Å². The number of rotatable bonds is 1. The molecule has 1 rings (SSSR count). The van der Waals surface area contributed by atoms with Gasteiger partial charge >= 0.3 is 0 Å². The molecule has 0 saturated heterocycles. The van der Waals surface area contributed by atoms with Crippen LogP contribution in [0.3, 0.4) is 0 Å². The first-order valence-corrected chi connectivity index (χ1v) is 4.32. The van der Waals surface area contributed by atoms with Gasteiger partial charge < -0.3 is 0 Å². The summed E-state index contributed by atoms with van der Waals surface area (Å²) >= 11 is 8.54. The molecule has 0 N–H and O–H groups in total. The minimum atomic E-state index is -0.488. The molecule has 0 heterocycles. The SMILES string of the molecule is N#CCc1cc(Cl)c(F)c(Br)c1. The first kappa shape index (κ1) is 9.50. The second-order valence-electron chi connectivity index (χ2n) is 2.21. The summed E-state index contributed by atoms with van der Waals surface area (Å²) in [4.78, 5) is 0. The van der Waals surface area contributed by atoms with Crippen molar-refractivity contribution in [2.24, 2.45) is 0 Å². The second kappa shape index (κ2) is 3.88. The zero-order valence-corrected chi connectivity index (χ0v) is 8.28. The van der Waals surface area contributed by atoms with E-state index in [-0.39, 0.29) is 11.4 Å². The van der Waals surface area contributed by atoms with Crippen LogP contribution in [0.15, 0.2) is 16.6 Å². The molecule has 12 heavy (non-hydrogen) atoms. The molecule has 1 aromatic rings. The Morgan fingerprint density at radius 3 is 2.75 bits per heavy atom. The van der Waals surface area contributed by atoms with Gasteiger partial charge in [-0.1, -0.05) is 11.6 Å². The quantitative estimate of drug-likeness (QED) is 0.700. The van der Waals surface area contributed by atoms with E-state index in [9.17, 15) is 4.39 Å². The van der Waals surface area contributed by atoms with Gasteiger partial charge in [-0.3, -0.25) is 0 Å². The average molecular weight is 248 g/mol. The van der Waals surface area contributed by atoms with Crippen LogP contribution in [0.4, 0.5) is 4.39 Å².